The molecule has 0 saturated heterocycles. The third kappa shape index (κ3) is 3.04. The van der Waals surface area contributed by atoms with Gasteiger partial charge in [-0.3, -0.25) is 4.79 Å². The van der Waals surface area contributed by atoms with Crippen LogP contribution in [0.2, 0.25) is 0 Å². The van der Waals surface area contributed by atoms with Gasteiger partial charge in [0.05, 0.1) is 17.6 Å². The first kappa shape index (κ1) is 14.4. The molecule has 114 valence electrons. The molecule has 3 rings (SSSR count). The Morgan fingerprint density at radius 3 is 2.76 bits per heavy atom. The zero-order valence-electron chi connectivity index (χ0n) is 11.9. The third-order valence-corrected chi connectivity index (χ3v) is 4.64. The number of carboxylic acids is 1. The van der Waals surface area contributed by atoms with E-state index in [0.717, 1.165) is 11.3 Å². The van der Waals surface area contributed by atoms with Crippen molar-refractivity contribution in [2.45, 2.75) is 37.3 Å². The second-order valence-electron chi connectivity index (χ2n) is 6.12. The first-order valence-electron chi connectivity index (χ1n) is 7.48. The average Bonchev–Trinajstić information content (AvgIpc) is 2.89. The zero-order chi connectivity index (χ0) is 14.9. The highest BCUT2D eigenvalue weighted by molar-refractivity contribution is 5.70. The van der Waals surface area contributed by atoms with Gasteiger partial charge < -0.3 is 20.3 Å². The van der Waals surface area contributed by atoms with Crippen molar-refractivity contribution in [3.8, 4) is 5.75 Å². The fourth-order valence-corrected chi connectivity index (χ4v) is 3.22. The van der Waals surface area contributed by atoms with E-state index >= 15 is 0 Å². The molecule has 3 N–H and O–H groups in total. The Hall–Kier alpha value is -1.59. The molecule has 0 amide bonds. The summed E-state index contributed by atoms with van der Waals surface area (Å²) >= 11 is 0. The van der Waals surface area contributed by atoms with Crippen LogP contribution in [-0.4, -0.2) is 34.9 Å². The van der Waals surface area contributed by atoms with Gasteiger partial charge in [0.2, 0.25) is 0 Å². The molecule has 1 atom stereocenters. The molecule has 0 spiro atoms. The predicted octanol–water partition coefficient (Wildman–Crippen LogP) is 1.72. The number of hydrogen-bond acceptors (Lipinski definition) is 4. The summed E-state index contributed by atoms with van der Waals surface area (Å²) in [7, 11) is 0. The molecular weight excluding hydrogens is 270 g/mol. The lowest BCUT2D eigenvalue weighted by Gasteiger charge is -2.35. The number of nitrogens with one attached hydrogen (secondary N) is 1. The van der Waals surface area contributed by atoms with Gasteiger partial charge in [-0.2, -0.15) is 0 Å². The van der Waals surface area contributed by atoms with Crippen LogP contribution in [0.4, 0.5) is 0 Å². The molecular formula is C16H21NO4. The number of fused-ring (bicyclic) bond motifs is 1. The van der Waals surface area contributed by atoms with Gasteiger partial charge in [-0.05, 0) is 31.7 Å². The summed E-state index contributed by atoms with van der Waals surface area (Å²) in [6, 6.07) is 8.01. The highest BCUT2D eigenvalue weighted by Gasteiger charge is 2.36. The molecule has 1 fully saturated rings. The van der Waals surface area contributed by atoms with Crippen molar-refractivity contribution in [2.24, 2.45) is 5.92 Å². The molecule has 5 heteroatoms. The summed E-state index contributed by atoms with van der Waals surface area (Å²) in [6.07, 6.45) is 2.16. The topological polar surface area (TPSA) is 78.8 Å². The molecule has 1 aliphatic carbocycles. The maximum absolute atomic E-state index is 11.0. The molecule has 0 radical (unpaired) electrons. The molecule has 2 aliphatic rings. The van der Waals surface area contributed by atoms with Crippen molar-refractivity contribution < 1.29 is 19.7 Å². The Kier molecular flexibility index (Phi) is 3.87. The van der Waals surface area contributed by atoms with Gasteiger partial charge in [-0.1, -0.05) is 18.2 Å². The van der Waals surface area contributed by atoms with Crippen LogP contribution in [0.1, 0.15) is 37.3 Å². The Bertz CT molecular complexity index is 523. The molecule has 21 heavy (non-hydrogen) atoms. The van der Waals surface area contributed by atoms with Crippen LogP contribution in [-0.2, 0) is 4.79 Å². The fraction of sp³-hybridized carbons (Fsp3) is 0.562. The van der Waals surface area contributed by atoms with Crippen molar-refractivity contribution in [3.63, 3.8) is 0 Å². The predicted molar refractivity (Wildman–Crippen MR) is 77.2 cm³/mol. The smallest absolute Gasteiger partial charge is 0.306 e. The van der Waals surface area contributed by atoms with Gasteiger partial charge in [-0.25, -0.2) is 0 Å². The average molecular weight is 291 g/mol. The highest BCUT2D eigenvalue weighted by atomic mass is 16.5. The van der Waals surface area contributed by atoms with E-state index in [1.807, 2.05) is 24.3 Å². The van der Waals surface area contributed by atoms with Crippen LogP contribution in [0.15, 0.2) is 24.3 Å². The third-order valence-electron chi connectivity index (χ3n) is 4.64. The van der Waals surface area contributed by atoms with E-state index in [9.17, 15) is 9.90 Å². The minimum Gasteiger partial charge on any atom is -0.491 e. The monoisotopic (exact) mass is 291 g/mol. The number of benzene rings is 1. The standard InChI is InChI=1S/C16H21NO4/c18-15(19)11-5-7-16(20,8-6-11)10-17-13-9-21-14-4-2-1-3-12(13)14/h1-4,11,13,17,20H,5-10H2,(H,18,19). The summed E-state index contributed by atoms with van der Waals surface area (Å²) in [5.41, 5.74) is 0.323. The van der Waals surface area contributed by atoms with Crippen LogP contribution in [0, 0.1) is 5.92 Å². The molecule has 1 unspecified atom stereocenters. The van der Waals surface area contributed by atoms with E-state index in [2.05, 4.69) is 5.32 Å². The Balaban J connectivity index is 1.55. The second-order valence-corrected chi connectivity index (χ2v) is 6.12. The first-order valence-corrected chi connectivity index (χ1v) is 7.48. The summed E-state index contributed by atoms with van der Waals surface area (Å²) < 4.78 is 5.61. The van der Waals surface area contributed by atoms with E-state index in [1.165, 1.54) is 0 Å². The minimum atomic E-state index is -0.802. The summed E-state index contributed by atoms with van der Waals surface area (Å²) in [4.78, 5) is 11.0. The molecule has 1 heterocycles. The molecule has 1 saturated carbocycles. The lowest BCUT2D eigenvalue weighted by atomic mass is 9.78. The molecule has 0 bridgehead atoms. The maximum Gasteiger partial charge on any atom is 0.306 e. The normalized spacial score (nSPS) is 31.5. The van der Waals surface area contributed by atoms with Gasteiger partial charge >= 0.3 is 5.97 Å². The number of aliphatic hydroxyl groups is 1. The Labute approximate surface area is 123 Å². The molecule has 0 aromatic heterocycles. The van der Waals surface area contributed by atoms with Crippen molar-refractivity contribution >= 4 is 5.97 Å². The van der Waals surface area contributed by atoms with E-state index in [4.69, 9.17) is 9.84 Å². The maximum atomic E-state index is 11.0. The van der Waals surface area contributed by atoms with Gasteiger partial charge in [0.1, 0.15) is 12.4 Å². The Morgan fingerprint density at radius 1 is 1.33 bits per heavy atom. The number of para-hydroxylation sites is 1. The van der Waals surface area contributed by atoms with Gasteiger partial charge in [-0.15, -0.1) is 0 Å². The molecule has 1 aromatic rings. The van der Waals surface area contributed by atoms with Crippen molar-refractivity contribution in [3.05, 3.63) is 29.8 Å². The molecule has 1 aliphatic heterocycles. The number of aliphatic carboxylic acids is 1. The lowest BCUT2D eigenvalue weighted by molar-refractivity contribution is -0.144. The van der Waals surface area contributed by atoms with Crippen LogP contribution < -0.4 is 10.1 Å². The number of ether oxygens (including phenoxy) is 1. The number of carbonyl (C=O) groups is 1. The molecule has 1 aromatic carbocycles. The highest BCUT2D eigenvalue weighted by Crippen LogP contribution is 2.34. The second kappa shape index (κ2) is 5.66. The largest absolute Gasteiger partial charge is 0.491 e. The van der Waals surface area contributed by atoms with Crippen molar-refractivity contribution in [1.82, 2.24) is 5.32 Å². The van der Waals surface area contributed by atoms with E-state index < -0.39 is 11.6 Å². The van der Waals surface area contributed by atoms with Gasteiger partial charge in [0.25, 0.3) is 0 Å². The zero-order valence-corrected chi connectivity index (χ0v) is 11.9. The van der Waals surface area contributed by atoms with Gasteiger partial charge in [0, 0.05) is 12.1 Å². The summed E-state index contributed by atoms with van der Waals surface area (Å²) in [6.45, 7) is 1.05. The van der Waals surface area contributed by atoms with Crippen LogP contribution in [0.3, 0.4) is 0 Å². The van der Waals surface area contributed by atoms with E-state index in [0.29, 0.717) is 38.8 Å². The van der Waals surface area contributed by atoms with E-state index in [1.54, 1.807) is 0 Å². The first-order chi connectivity index (χ1) is 10.1. The van der Waals surface area contributed by atoms with E-state index in [-0.39, 0.29) is 12.0 Å². The quantitative estimate of drug-likeness (QED) is 0.787. The Morgan fingerprint density at radius 2 is 2.05 bits per heavy atom. The number of rotatable bonds is 4. The fourth-order valence-electron chi connectivity index (χ4n) is 3.22. The number of carboxylic acid groups (broad SMARTS) is 1. The van der Waals surface area contributed by atoms with Crippen molar-refractivity contribution in [2.75, 3.05) is 13.2 Å². The van der Waals surface area contributed by atoms with Crippen LogP contribution >= 0.6 is 0 Å². The van der Waals surface area contributed by atoms with Crippen LogP contribution in [0.25, 0.3) is 0 Å². The van der Waals surface area contributed by atoms with Gasteiger partial charge in [0.15, 0.2) is 0 Å². The summed E-state index contributed by atoms with van der Waals surface area (Å²) in [5, 5.41) is 23.0. The minimum absolute atomic E-state index is 0.0995. The molecule has 5 nitrogen and oxygen atoms in total. The summed E-state index contributed by atoms with van der Waals surface area (Å²) in [5.74, 6) is -0.152. The lowest BCUT2D eigenvalue weighted by Crippen LogP contribution is -2.45. The number of hydrogen-bond donors (Lipinski definition) is 3. The SMILES string of the molecule is O=C(O)C1CCC(O)(CNC2COc3ccccc32)CC1. The van der Waals surface area contributed by atoms with Crippen molar-refractivity contribution in [1.29, 1.82) is 0 Å². The van der Waals surface area contributed by atoms with Crippen LogP contribution in [0.5, 0.6) is 5.75 Å².